The van der Waals surface area contributed by atoms with Crippen molar-refractivity contribution in [3.8, 4) is 0 Å². The van der Waals surface area contributed by atoms with Gasteiger partial charge in [0, 0.05) is 25.6 Å². The molecule has 1 saturated carbocycles. The molecule has 0 aromatic rings. The van der Waals surface area contributed by atoms with Crippen molar-refractivity contribution in [2.45, 2.75) is 83.8 Å². The van der Waals surface area contributed by atoms with Crippen LogP contribution in [0.15, 0.2) is 0 Å². The molecular formula is C21H38N2O2. The molecule has 1 amide bonds. The fourth-order valence-corrected chi connectivity index (χ4v) is 4.94. The van der Waals surface area contributed by atoms with Gasteiger partial charge in [-0.25, -0.2) is 0 Å². The summed E-state index contributed by atoms with van der Waals surface area (Å²) in [5, 5.41) is 3.50. The van der Waals surface area contributed by atoms with Gasteiger partial charge in [-0.05, 0) is 82.2 Å². The van der Waals surface area contributed by atoms with E-state index in [1.807, 2.05) is 0 Å². The third kappa shape index (κ3) is 5.43. The summed E-state index contributed by atoms with van der Waals surface area (Å²) in [5.41, 5.74) is 0. The first-order chi connectivity index (χ1) is 12.1. The average Bonchev–Trinajstić information content (AvgIpc) is 3.14. The van der Waals surface area contributed by atoms with E-state index in [-0.39, 0.29) is 6.10 Å². The van der Waals surface area contributed by atoms with Crippen molar-refractivity contribution >= 4 is 5.91 Å². The summed E-state index contributed by atoms with van der Waals surface area (Å²) >= 11 is 0. The summed E-state index contributed by atoms with van der Waals surface area (Å²) in [6, 6.07) is 0.449. The number of amides is 1. The first-order valence-corrected chi connectivity index (χ1v) is 10.7. The van der Waals surface area contributed by atoms with E-state index in [1.165, 1.54) is 38.5 Å². The average molecular weight is 351 g/mol. The van der Waals surface area contributed by atoms with Crippen LogP contribution in [0, 0.1) is 17.8 Å². The second-order valence-electron chi connectivity index (χ2n) is 8.88. The maximum absolute atomic E-state index is 13.2. The predicted molar refractivity (Wildman–Crippen MR) is 101 cm³/mol. The van der Waals surface area contributed by atoms with Crippen LogP contribution in [0.4, 0.5) is 0 Å². The monoisotopic (exact) mass is 350 g/mol. The van der Waals surface area contributed by atoms with Gasteiger partial charge in [0.1, 0.15) is 0 Å². The highest BCUT2D eigenvalue weighted by atomic mass is 16.5. The molecule has 3 rings (SSSR count). The van der Waals surface area contributed by atoms with Crippen LogP contribution in [-0.2, 0) is 9.53 Å². The number of rotatable bonds is 6. The summed E-state index contributed by atoms with van der Waals surface area (Å²) in [5.74, 6) is 2.35. The van der Waals surface area contributed by atoms with Crippen molar-refractivity contribution in [1.29, 1.82) is 0 Å². The van der Waals surface area contributed by atoms with Crippen molar-refractivity contribution in [3.63, 3.8) is 0 Å². The molecule has 0 aromatic carbocycles. The van der Waals surface area contributed by atoms with Crippen LogP contribution in [0.2, 0.25) is 0 Å². The first-order valence-electron chi connectivity index (χ1n) is 10.7. The van der Waals surface area contributed by atoms with Gasteiger partial charge in [-0.3, -0.25) is 4.79 Å². The zero-order chi connectivity index (χ0) is 17.6. The first kappa shape index (κ1) is 19.2. The maximum atomic E-state index is 13.2. The molecule has 0 aromatic heterocycles. The minimum Gasteiger partial charge on any atom is -0.376 e. The topological polar surface area (TPSA) is 41.6 Å². The van der Waals surface area contributed by atoms with Crippen molar-refractivity contribution in [3.05, 3.63) is 0 Å². The van der Waals surface area contributed by atoms with E-state index < -0.39 is 0 Å². The molecule has 25 heavy (non-hydrogen) atoms. The second-order valence-corrected chi connectivity index (χ2v) is 8.88. The molecule has 4 heteroatoms. The van der Waals surface area contributed by atoms with Gasteiger partial charge < -0.3 is 15.0 Å². The fourth-order valence-electron chi connectivity index (χ4n) is 4.94. The Bertz CT molecular complexity index is 408. The van der Waals surface area contributed by atoms with Crippen LogP contribution in [0.3, 0.4) is 0 Å². The van der Waals surface area contributed by atoms with Gasteiger partial charge >= 0.3 is 0 Å². The molecule has 2 heterocycles. The molecule has 2 saturated heterocycles. The molecule has 0 spiro atoms. The molecule has 0 radical (unpaired) electrons. The maximum Gasteiger partial charge on any atom is 0.223 e. The van der Waals surface area contributed by atoms with Crippen LogP contribution in [0.25, 0.3) is 0 Å². The van der Waals surface area contributed by atoms with Crippen molar-refractivity contribution in [2.24, 2.45) is 17.8 Å². The molecule has 1 N–H and O–H groups in total. The molecule has 3 unspecified atom stereocenters. The minimum absolute atomic E-state index is 0.273. The molecule has 2 aliphatic heterocycles. The highest BCUT2D eigenvalue weighted by Gasteiger charge is 2.32. The number of hydrogen-bond acceptors (Lipinski definition) is 3. The van der Waals surface area contributed by atoms with Crippen LogP contribution in [0.5, 0.6) is 0 Å². The van der Waals surface area contributed by atoms with Crippen molar-refractivity contribution in [1.82, 2.24) is 10.2 Å². The van der Waals surface area contributed by atoms with Gasteiger partial charge in [-0.15, -0.1) is 0 Å². The van der Waals surface area contributed by atoms with Crippen molar-refractivity contribution < 1.29 is 9.53 Å². The normalized spacial score (nSPS) is 34.6. The summed E-state index contributed by atoms with van der Waals surface area (Å²) in [4.78, 5) is 15.4. The summed E-state index contributed by atoms with van der Waals surface area (Å²) in [6.45, 7) is 8.55. The minimum atomic E-state index is 0.273. The molecular weight excluding hydrogens is 312 g/mol. The van der Waals surface area contributed by atoms with Crippen LogP contribution in [-0.4, -0.2) is 49.2 Å². The smallest absolute Gasteiger partial charge is 0.223 e. The lowest BCUT2D eigenvalue weighted by atomic mass is 9.84. The molecule has 3 fully saturated rings. The zero-order valence-electron chi connectivity index (χ0n) is 16.3. The quantitative estimate of drug-likeness (QED) is 0.796. The number of nitrogens with zero attached hydrogens (tertiary/aromatic N) is 1. The molecule has 3 aliphatic rings. The zero-order valence-corrected chi connectivity index (χ0v) is 16.3. The molecule has 1 aliphatic carbocycles. The Hall–Kier alpha value is -0.610. The number of carbonyl (C=O) groups is 1. The Labute approximate surface area is 154 Å². The van der Waals surface area contributed by atoms with E-state index in [0.29, 0.717) is 30.2 Å². The van der Waals surface area contributed by atoms with E-state index in [2.05, 4.69) is 24.1 Å². The Kier molecular flexibility index (Phi) is 7.18. The molecule has 0 bridgehead atoms. The van der Waals surface area contributed by atoms with Gasteiger partial charge in [0.25, 0.3) is 0 Å². The SMILES string of the molecule is CC1CCC(N(CC2CCCO2)C(=O)CC(C)C2CCCNC2)CC1. The number of ether oxygens (including phenoxy) is 1. The summed E-state index contributed by atoms with van der Waals surface area (Å²) in [7, 11) is 0. The van der Waals surface area contributed by atoms with E-state index >= 15 is 0 Å². The molecule has 3 atom stereocenters. The highest BCUT2D eigenvalue weighted by Crippen LogP contribution is 2.30. The molecule has 4 nitrogen and oxygen atoms in total. The van der Waals surface area contributed by atoms with E-state index in [0.717, 1.165) is 45.0 Å². The lowest BCUT2D eigenvalue weighted by molar-refractivity contribution is -0.137. The second kappa shape index (κ2) is 9.36. The van der Waals surface area contributed by atoms with E-state index in [9.17, 15) is 4.79 Å². The number of hydrogen-bond donors (Lipinski definition) is 1. The van der Waals surface area contributed by atoms with Crippen molar-refractivity contribution in [2.75, 3.05) is 26.2 Å². The summed E-state index contributed by atoms with van der Waals surface area (Å²) < 4.78 is 5.86. The largest absolute Gasteiger partial charge is 0.376 e. The highest BCUT2D eigenvalue weighted by molar-refractivity contribution is 5.77. The Balaban J connectivity index is 1.59. The van der Waals surface area contributed by atoms with Gasteiger partial charge in [0.2, 0.25) is 5.91 Å². The van der Waals surface area contributed by atoms with E-state index in [1.54, 1.807) is 0 Å². The van der Waals surface area contributed by atoms with Crippen LogP contribution in [0.1, 0.15) is 71.6 Å². The third-order valence-electron chi connectivity index (χ3n) is 6.81. The number of carbonyl (C=O) groups excluding carboxylic acids is 1. The Morgan fingerprint density at radius 1 is 1.16 bits per heavy atom. The lowest BCUT2D eigenvalue weighted by Crippen LogP contribution is -2.47. The Morgan fingerprint density at radius 2 is 1.96 bits per heavy atom. The van der Waals surface area contributed by atoms with Gasteiger partial charge in [-0.1, -0.05) is 13.8 Å². The Morgan fingerprint density at radius 3 is 2.60 bits per heavy atom. The number of piperidine rings is 1. The van der Waals surface area contributed by atoms with Crippen LogP contribution >= 0.6 is 0 Å². The van der Waals surface area contributed by atoms with Gasteiger partial charge in [-0.2, -0.15) is 0 Å². The summed E-state index contributed by atoms with van der Waals surface area (Å²) in [6.07, 6.45) is 10.7. The third-order valence-corrected chi connectivity index (χ3v) is 6.81. The standard InChI is InChI=1S/C21H38N2O2/c1-16-7-9-19(10-8-16)23(15-20-6-4-12-25-20)21(24)13-17(2)18-5-3-11-22-14-18/h16-20,22H,3-15H2,1-2H3. The van der Waals surface area contributed by atoms with Gasteiger partial charge in [0.05, 0.1) is 6.10 Å². The van der Waals surface area contributed by atoms with E-state index in [4.69, 9.17) is 4.74 Å². The predicted octanol–water partition coefficient (Wildman–Crippen LogP) is 3.60. The van der Waals surface area contributed by atoms with Gasteiger partial charge in [0.15, 0.2) is 0 Å². The number of nitrogens with one attached hydrogen (secondary N) is 1. The molecule has 144 valence electrons. The lowest BCUT2D eigenvalue weighted by Gasteiger charge is -2.38. The fraction of sp³-hybridized carbons (Fsp3) is 0.952. The van der Waals surface area contributed by atoms with Crippen LogP contribution < -0.4 is 5.32 Å².